The molecule has 0 N–H and O–H groups in total. The minimum Gasteiger partial charge on any atom is -0.122 e. The lowest BCUT2D eigenvalue weighted by Crippen LogP contribution is -1.88. The zero-order chi connectivity index (χ0) is 8.69. The molecule has 0 rings (SSSR count). The lowest BCUT2D eigenvalue weighted by molar-refractivity contribution is 0.101. The van der Waals surface area contributed by atoms with Crippen molar-refractivity contribution < 1.29 is 27.2 Å². The van der Waals surface area contributed by atoms with Crippen LogP contribution in [0, 0.1) is 0 Å². The van der Waals surface area contributed by atoms with E-state index in [4.69, 9.17) is 0 Å². The van der Waals surface area contributed by atoms with Gasteiger partial charge in [-0.3, -0.25) is 0 Å². The number of rotatable bonds is 6. The van der Waals surface area contributed by atoms with Crippen LogP contribution in [0.2, 0.25) is 0 Å². The van der Waals surface area contributed by atoms with Gasteiger partial charge in [-0.25, -0.2) is 0 Å². The van der Waals surface area contributed by atoms with Gasteiger partial charge in [0.2, 0.25) is 0 Å². The zero-order valence-electron chi connectivity index (χ0n) is 6.05. The maximum absolute atomic E-state index is 10.4. The average molecular weight is 202 g/mol. The molecule has 2 atom stereocenters. The van der Waals surface area contributed by atoms with Crippen molar-refractivity contribution in [2.24, 2.45) is 0 Å². The van der Waals surface area contributed by atoms with Crippen molar-refractivity contribution in [2.45, 2.75) is 0 Å². The second-order valence-electron chi connectivity index (χ2n) is 1.19. The van der Waals surface area contributed by atoms with E-state index < -0.39 is 16.5 Å². The normalized spacial score (nSPS) is 12.9. The van der Waals surface area contributed by atoms with E-state index in [0.717, 1.165) is 0 Å². The Balaban J connectivity index is 3.27. The third kappa shape index (κ3) is 6.44. The Morgan fingerprint density at radius 3 is 1.64 bits per heavy atom. The van der Waals surface area contributed by atoms with Crippen LogP contribution < -0.4 is 0 Å². The SMILES string of the molecule is CO[P+](=O)OCO[P+](=O)OC. The summed E-state index contributed by atoms with van der Waals surface area (Å²) in [5, 5.41) is 0. The van der Waals surface area contributed by atoms with E-state index in [1.54, 1.807) is 0 Å². The largest absolute Gasteiger partial charge is 0.699 e. The van der Waals surface area contributed by atoms with Crippen molar-refractivity contribution >= 4 is 16.5 Å². The summed E-state index contributed by atoms with van der Waals surface area (Å²) in [5.74, 6) is 0. The highest BCUT2D eigenvalue weighted by molar-refractivity contribution is 7.34. The highest BCUT2D eigenvalue weighted by Crippen LogP contribution is 2.26. The Labute approximate surface area is 65.7 Å². The van der Waals surface area contributed by atoms with Gasteiger partial charge in [0.15, 0.2) is 0 Å². The molecule has 8 heteroatoms. The Kier molecular flexibility index (Phi) is 6.76. The summed E-state index contributed by atoms with van der Waals surface area (Å²) in [6, 6.07) is 0. The van der Waals surface area contributed by atoms with Gasteiger partial charge >= 0.3 is 16.5 Å². The van der Waals surface area contributed by atoms with Crippen LogP contribution in [0.15, 0.2) is 0 Å². The fourth-order valence-corrected chi connectivity index (χ4v) is 0.787. The molecule has 0 spiro atoms. The van der Waals surface area contributed by atoms with Crippen LogP contribution in [0.5, 0.6) is 0 Å². The quantitative estimate of drug-likeness (QED) is 0.481. The summed E-state index contributed by atoms with van der Waals surface area (Å²) < 4.78 is 37.9. The lowest BCUT2D eigenvalue weighted by atomic mass is 11.6. The maximum atomic E-state index is 10.4. The Morgan fingerprint density at radius 2 is 1.36 bits per heavy atom. The molecule has 0 saturated carbocycles. The van der Waals surface area contributed by atoms with E-state index in [0.29, 0.717) is 0 Å². The van der Waals surface area contributed by atoms with E-state index in [2.05, 4.69) is 18.1 Å². The minimum atomic E-state index is -2.17. The van der Waals surface area contributed by atoms with Gasteiger partial charge < -0.3 is 0 Å². The predicted octanol–water partition coefficient (Wildman–Crippen LogP) is 1.58. The number of hydrogen-bond donors (Lipinski definition) is 0. The first-order valence-corrected chi connectivity index (χ1v) is 4.68. The zero-order valence-corrected chi connectivity index (χ0v) is 7.84. The van der Waals surface area contributed by atoms with Crippen molar-refractivity contribution in [1.29, 1.82) is 0 Å². The van der Waals surface area contributed by atoms with Gasteiger partial charge in [-0.1, -0.05) is 9.05 Å². The highest BCUT2D eigenvalue weighted by atomic mass is 31.1. The molecule has 0 heterocycles. The van der Waals surface area contributed by atoms with Crippen LogP contribution in [0.1, 0.15) is 0 Å². The maximum Gasteiger partial charge on any atom is 0.699 e. The minimum absolute atomic E-state index is 0.383. The van der Waals surface area contributed by atoms with Crippen molar-refractivity contribution in [3.8, 4) is 0 Å². The second kappa shape index (κ2) is 6.73. The van der Waals surface area contributed by atoms with Crippen LogP contribution >= 0.6 is 16.5 Å². The highest BCUT2D eigenvalue weighted by Gasteiger charge is 2.23. The third-order valence-corrected chi connectivity index (χ3v) is 1.84. The van der Waals surface area contributed by atoms with E-state index in [1.807, 2.05) is 0 Å². The van der Waals surface area contributed by atoms with Gasteiger partial charge in [0.1, 0.15) is 0 Å². The summed E-state index contributed by atoms with van der Waals surface area (Å²) >= 11 is 0. The van der Waals surface area contributed by atoms with Crippen molar-refractivity contribution in [3.63, 3.8) is 0 Å². The Morgan fingerprint density at radius 1 is 1.00 bits per heavy atom. The molecule has 0 bridgehead atoms. The summed E-state index contributed by atoms with van der Waals surface area (Å²) in [4.78, 5) is 0. The Bertz CT molecular complexity index is 131. The fraction of sp³-hybridized carbons (Fsp3) is 1.00. The monoisotopic (exact) mass is 202 g/mol. The number of hydrogen-bond acceptors (Lipinski definition) is 6. The first kappa shape index (κ1) is 11.0. The molecule has 0 radical (unpaired) electrons. The lowest BCUT2D eigenvalue weighted by Gasteiger charge is -1.80. The Hall–Kier alpha value is 0.0400. The summed E-state index contributed by atoms with van der Waals surface area (Å²) in [6.45, 7) is -0.383. The van der Waals surface area contributed by atoms with Gasteiger partial charge in [-0.2, -0.15) is 0 Å². The molecule has 0 aromatic heterocycles. The molecular formula is C3H8O6P2+2. The fourth-order valence-electron chi connectivity index (χ4n) is 0.215. The standard InChI is InChI=1S/C3H8O6P2/c1-6-10(4)8-3-9-11(5)7-2/h3H2,1-2H3/q+2. The van der Waals surface area contributed by atoms with Gasteiger partial charge in [0, 0.05) is 9.13 Å². The third-order valence-electron chi connectivity index (χ3n) is 0.614. The van der Waals surface area contributed by atoms with Gasteiger partial charge in [-0.15, -0.1) is 9.05 Å². The van der Waals surface area contributed by atoms with Crippen LogP contribution in [-0.4, -0.2) is 21.0 Å². The molecule has 64 valence electrons. The molecule has 0 amide bonds. The van der Waals surface area contributed by atoms with E-state index in [9.17, 15) is 9.13 Å². The topological polar surface area (TPSA) is 71.1 Å². The van der Waals surface area contributed by atoms with Crippen molar-refractivity contribution in [3.05, 3.63) is 0 Å². The van der Waals surface area contributed by atoms with Gasteiger partial charge in [0.05, 0.1) is 14.2 Å². The molecule has 0 aliphatic heterocycles. The van der Waals surface area contributed by atoms with Crippen LogP contribution in [-0.2, 0) is 27.2 Å². The molecule has 0 saturated heterocycles. The molecule has 0 aliphatic carbocycles. The summed E-state index contributed by atoms with van der Waals surface area (Å²) in [6.07, 6.45) is 0. The van der Waals surface area contributed by atoms with E-state index in [1.165, 1.54) is 14.2 Å². The van der Waals surface area contributed by atoms with Gasteiger partial charge in [0.25, 0.3) is 6.79 Å². The molecule has 11 heavy (non-hydrogen) atoms. The molecule has 0 aromatic rings. The summed E-state index contributed by atoms with van der Waals surface area (Å²) in [5.41, 5.74) is 0. The van der Waals surface area contributed by atoms with Crippen molar-refractivity contribution in [2.75, 3.05) is 21.0 Å². The van der Waals surface area contributed by atoms with Crippen LogP contribution in [0.3, 0.4) is 0 Å². The molecule has 6 nitrogen and oxygen atoms in total. The van der Waals surface area contributed by atoms with Crippen molar-refractivity contribution in [1.82, 2.24) is 0 Å². The van der Waals surface area contributed by atoms with E-state index >= 15 is 0 Å². The molecule has 0 fully saturated rings. The predicted molar refractivity (Wildman–Crippen MR) is 36.3 cm³/mol. The first-order chi connectivity index (χ1) is 5.20. The molecule has 0 aliphatic rings. The molecular weight excluding hydrogens is 194 g/mol. The van der Waals surface area contributed by atoms with Crippen LogP contribution in [0.25, 0.3) is 0 Å². The molecule has 0 aromatic carbocycles. The average Bonchev–Trinajstić information content (AvgIpc) is 2.04. The second-order valence-corrected chi connectivity index (χ2v) is 3.33. The van der Waals surface area contributed by atoms with Gasteiger partial charge in [-0.05, 0) is 0 Å². The van der Waals surface area contributed by atoms with E-state index in [-0.39, 0.29) is 6.79 Å². The van der Waals surface area contributed by atoms with Crippen LogP contribution in [0.4, 0.5) is 0 Å². The smallest absolute Gasteiger partial charge is 0.122 e. The molecule has 2 unspecified atom stereocenters. The first-order valence-electron chi connectivity index (χ1n) is 2.49. The summed E-state index contributed by atoms with van der Waals surface area (Å²) in [7, 11) is -1.91.